The molecule has 22 heavy (non-hydrogen) atoms. The summed E-state index contributed by atoms with van der Waals surface area (Å²) >= 11 is 2.23. The Morgan fingerprint density at radius 2 is 1.68 bits per heavy atom. The molecule has 0 spiro atoms. The molecular formula is C16H15IN2O3. The number of halogens is 1. The Hall–Kier alpha value is -2.09. The van der Waals surface area contributed by atoms with Crippen LogP contribution < -0.4 is 14.9 Å². The number of methoxy groups -OCH3 is 2. The summed E-state index contributed by atoms with van der Waals surface area (Å²) in [6.45, 7) is 0. The fourth-order valence-electron chi connectivity index (χ4n) is 1.72. The van der Waals surface area contributed by atoms with Crippen molar-refractivity contribution in [1.29, 1.82) is 0 Å². The standard InChI is InChI=1S/C16H15IN2O3/c1-21-14-7-12(8-15(9-14)22-2)16(20)19-18-10-11-3-5-13(17)6-4-11/h3-10H,1-2H3,(H,19,20). The highest BCUT2D eigenvalue weighted by Crippen LogP contribution is 2.22. The van der Waals surface area contributed by atoms with Gasteiger partial charge in [0.2, 0.25) is 0 Å². The molecule has 0 atom stereocenters. The van der Waals surface area contributed by atoms with Gasteiger partial charge in [0.05, 0.1) is 20.4 Å². The van der Waals surface area contributed by atoms with E-state index in [1.807, 2.05) is 24.3 Å². The molecule has 5 nitrogen and oxygen atoms in total. The van der Waals surface area contributed by atoms with Crippen LogP contribution in [0.5, 0.6) is 11.5 Å². The number of ether oxygens (including phenoxy) is 2. The van der Waals surface area contributed by atoms with Crippen molar-refractivity contribution < 1.29 is 14.3 Å². The van der Waals surface area contributed by atoms with Crippen molar-refractivity contribution in [3.63, 3.8) is 0 Å². The van der Waals surface area contributed by atoms with E-state index in [9.17, 15) is 4.79 Å². The molecule has 2 rings (SSSR count). The second kappa shape index (κ2) is 7.79. The van der Waals surface area contributed by atoms with Crippen LogP contribution in [-0.2, 0) is 0 Å². The maximum Gasteiger partial charge on any atom is 0.271 e. The molecule has 2 aromatic rings. The van der Waals surface area contributed by atoms with Gasteiger partial charge in [-0.3, -0.25) is 4.79 Å². The Labute approximate surface area is 142 Å². The van der Waals surface area contributed by atoms with Gasteiger partial charge in [-0.15, -0.1) is 0 Å². The molecule has 0 saturated carbocycles. The molecule has 2 aromatic carbocycles. The molecule has 0 unspecified atom stereocenters. The maximum absolute atomic E-state index is 12.1. The van der Waals surface area contributed by atoms with Crippen molar-refractivity contribution >= 4 is 34.7 Å². The Morgan fingerprint density at radius 1 is 1.09 bits per heavy atom. The van der Waals surface area contributed by atoms with Crippen molar-refractivity contribution in [2.75, 3.05) is 14.2 Å². The fraction of sp³-hybridized carbons (Fsp3) is 0.125. The molecular weight excluding hydrogens is 395 g/mol. The van der Waals surface area contributed by atoms with Crippen molar-refractivity contribution in [2.24, 2.45) is 5.10 Å². The average molecular weight is 410 g/mol. The fourth-order valence-corrected chi connectivity index (χ4v) is 2.08. The highest BCUT2D eigenvalue weighted by molar-refractivity contribution is 14.1. The SMILES string of the molecule is COc1cc(OC)cc(C(=O)NN=Cc2ccc(I)cc2)c1. The monoisotopic (exact) mass is 410 g/mol. The molecule has 6 heteroatoms. The summed E-state index contributed by atoms with van der Waals surface area (Å²) in [5.41, 5.74) is 3.80. The van der Waals surface area contributed by atoms with Gasteiger partial charge < -0.3 is 9.47 Å². The second-order valence-electron chi connectivity index (χ2n) is 4.35. The normalized spacial score (nSPS) is 10.5. The van der Waals surface area contributed by atoms with Gasteiger partial charge in [-0.25, -0.2) is 5.43 Å². The third-order valence-electron chi connectivity index (χ3n) is 2.86. The molecule has 0 aromatic heterocycles. The number of nitrogens with zero attached hydrogens (tertiary/aromatic N) is 1. The van der Waals surface area contributed by atoms with Crippen LogP contribution in [0, 0.1) is 3.57 Å². The molecule has 0 aliphatic rings. The molecule has 0 heterocycles. The lowest BCUT2D eigenvalue weighted by molar-refractivity contribution is 0.0954. The van der Waals surface area contributed by atoms with Gasteiger partial charge in [-0.05, 0) is 52.4 Å². The predicted molar refractivity (Wildman–Crippen MR) is 93.8 cm³/mol. The van der Waals surface area contributed by atoms with Gasteiger partial charge in [-0.1, -0.05) is 12.1 Å². The summed E-state index contributed by atoms with van der Waals surface area (Å²) < 4.78 is 11.4. The summed E-state index contributed by atoms with van der Waals surface area (Å²) in [4.78, 5) is 12.1. The van der Waals surface area contributed by atoms with E-state index in [1.165, 1.54) is 14.2 Å². The van der Waals surface area contributed by atoms with E-state index in [0.29, 0.717) is 17.1 Å². The van der Waals surface area contributed by atoms with Crippen molar-refractivity contribution in [3.05, 3.63) is 57.2 Å². The minimum Gasteiger partial charge on any atom is -0.497 e. The number of benzene rings is 2. The molecule has 114 valence electrons. The zero-order chi connectivity index (χ0) is 15.9. The predicted octanol–water partition coefficient (Wildman–Crippen LogP) is 3.07. The average Bonchev–Trinajstić information content (AvgIpc) is 2.56. The Kier molecular flexibility index (Phi) is 5.76. The van der Waals surface area contributed by atoms with Gasteiger partial charge >= 0.3 is 0 Å². The first-order chi connectivity index (χ1) is 10.6. The molecule has 0 fully saturated rings. The number of amides is 1. The zero-order valence-corrected chi connectivity index (χ0v) is 14.3. The Balaban J connectivity index is 2.07. The van der Waals surface area contributed by atoms with E-state index in [-0.39, 0.29) is 5.91 Å². The van der Waals surface area contributed by atoms with Crippen LogP contribution in [-0.4, -0.2) is 26.3 Å². The molecule has 0 radical (unpaired) electrons. The van der Waals surface area contributed by atoms with Gasteiger partial charge in [-0.2, -0.15) is 5.10 Å². The minimum atomic E-state index is -0.334. The number of hydrogen-bond acceptors (Lipinski definition) is 4. The number of rotatable bonds is 5. The zero-order valence-electron chi connectivity index (χ0n) is 12.2. The topological polar surface area (TPSA) is 59.9 Å². The quantitative estimate of drug-likeness (QED) is 0.468. The van der Waals surface area contributed by atoms with E-state index in [4.69, 9.17) is 9.47 Å². The minimum absolute atomic E-state index is 0.334. The van der Waals surface area contributed by atoms with Crippen LogP contribution in [0.1, 0.15) is 15.9 Å². The summed E-state index contributed by atoms with van der Waals surface area (Å²) in [5, 5.41) is 3.95. The lowest BCUT2D eigenvalue weighted by Gasteiger charge is -2.07. The Morgan fingerprint density at radius 3 is 2.23 bits per heavy atom. The van der Waals surface area contributed by atoms with Crippen LogP contribution in [0.3, 0.4) is 0 Å². The largest absolute Gasteiger partial charge is 0.497 e. The molecule has 1 amide bonds. The number of hydrazone groups is 1. The molecule has 0 aliphatic carbocycles. The number of carbonyl (C=O) groups is 1. The summed E-state index contributed by atoms with van der Waals surface area (Å²) in [5.74, 6) is 0.760. The highest BCUT2D eigenvalue weighted by atomic mass is 127. The molecule has 0 aliphatic heterocycles. The molecule has 1 N–H and O–H groups in total. The van der Waals surface area contributed by atoms with Crippen molar-refractivity contribution in [1.82, 2.24) is 5.43 Å². The summed E-state index contributed by atoms with van der Waals surface area (Å²) in [6.07, 6.45) is 1.59. The third-order valence-corrected chi connectivity index (χ3v) is 3.58. The van der Waals surface area contributed by atoms with E-state index < -0.39 is 0 Å². The molecule has 0 saturated heterocycles. The van der Waals surface area contributed by atoms with Crippen molar-refractivity contribution in [2.45, 2.75) is 0 Å². The lowest BCUT2D eigenvalue weighted by Crippen LogP contribution is -2.17. The summed E-state index contributed by atoms with van der Waals surface area (Å²) in [6, 6.07) is 12.7. The lowest BCUT2D eigenvalue weighted by atomic mass is 10.2. The van der Waals surface area contributed by atoms with Crippen LogP contribution in [0.15, 0.2) is 47.6 Å². The second-order valence-corrected chi connectivity index (χ2v) is 5.60. The van der Waals surface area contributed by atoms with E-state index in [0.717, 1.165) is 9.13 Å². The van der Waals surface area contributed by atoms with Gasteiger partial charge in [0.1, 0.15) is 11.5 Å². The molecule has 0 bridgehead atoms. The first-order valence-corrected chi connectivity index (χ1v) is 7.52. The first-order valence-electron chi connectivity index (χ1n) is 6.44. The van der Waals surface area contributed by atoms with Crippen LogP contribution in [0.4, 0.5) is 0 Å². The highest BCUT2D eigenvalue weighted by Gasteiger charge is 2.08. The van der Waals surface area contributed by atoms with E-state index in [2.05, 4.69) is 33.1 Å². The number of hydrogen-bond donors (Lipinski definition) is 1. The smallest absolute Gasteiger partial charge is 0.271 e. The third kappa shape index (κ3) is 4.45. The van der Waals surface area contributed by atoms with Crippen LogP contribution in [0.2, 0.25) is 0 Å². The van der Waals surface area contributed by atoms with Crippen molar-refractivity contribution in [3.8, 4) is 11.5 Å². The number of carbonyl (C=O) groups excluding carboxylic acids is 1. The van der Waals surface area contributed by atoms with Gasteiger partial charge in [0.25, 0.3) is 5.91 Å². The maximum atomic E-state index is 12.1. The first kappa shape index (κ1) is 16.3. The van der Waals surface area contributed by atoms with Gasteiger partial charge in [0, 0.05) is 15.2 Å². The van der Waals surface area contributed by atoms with Crippen LogP contribution in [0.25, 0.3) is 0 Å². The van der Waals surface area contributed by atoms with Crippen LogP contribution >= 0.6 is 22.6 Å². The van der Waals surface area contributed by atoms with E-state index in [1.54, 1.807) is 24.4 Å². The van der Waals surface area contributed by atoms with Gasteiger partial charge in [0.15, 0.2) is 0 Å². The van der Waals surface area contributed by atoms with E-state index >= 15 is 0 Å². The Bertz CT molecular complexity index is 662. The summed E-state index contributed by atoms with van der Waals surface area (Å²) in [7, 11) is 3.07. The number of nitrogens with one attached hydrogen (secondary N) is 1.